The second kappa shape index (κ2) is 6.91. The molecule has 1 atom stereocenters. The van der Waals surface area contributed by atoms with Crippen LogP contribution in [-0.4, -0.2) is 42.5 Å². The molecule has 0 aliphatic carbocycles. The third kappa shape index (κ3) is 3.85. The Morgan fingerprint density at radius 1 is 1.46 bits per heavy atom. The number of amides is 1. The van der Waals surface area contributed by atoms with Crippen molar-refractivity contribution in [3.8, 4) is 11.3 Å². The minimum Gasteiger partial charge on any atom is -0.301 e. The molecule has 128 valence electrons. The summed E-state index contributed by atoms with van der Waals surface area (Å²) < 4.78 is 25.7. The first-order valence-corrected chi connectivity index (χ1v) is 10.9. The van der Waals surface area contributed by atoms with Gasteiger partial charge in [-0.15, -0.1) is 11.3 Å². The van der Waals surface area contributed by atoms with E-state index in [-0.39, 0.29) is 5.91 Å². The second-order valence-corrected chi connectivity index (χ2v) is 9.28. The molecule has 0 bridgehead atoms. The molecule has 1 aliphatic heterocycles. The van der Waals surface area contributed by atoms with Crippen molar-refractivity contribution in [1.82, 2.24) is 9.29 Å². The number of nitrogens with zero attached hydrogens (tertiary/aromatic N) is 2. The highest BCUT2D eigenvalue weighted by atomic mass is 79.9. The number of aromatic nitrogens is 1. The standard InChI is InChI=1S/C15H16BrN3O3S2/c1-24(21,22)19-7-3-6-13(19)14(20)18-15-17-12(9-23-15)10-4-2-5-11(16)8-10/h2,4-5,8-9,13H,3,6-7H2,1H3,(H,17,18,20). The number of hydrogen-bond donors (Lipinski definition) is 1. The fourth-order valence-corrected chi connectivity index (χ4v) is 4.95. The summed E-state index contributed by atoms with van der Waals surface area (Å²) in [6.07, 6.45) is 2.35. The van der Waals surface area contributed by atoms with Crippen LogP contribution in [0, 0.1) is 0 Å². The summed E-state index contributed by atoms with van der Waals surface area (Å²) in [4.78, 5) is 16.8. The Hall–Kier alpha value is -1.29. The highest BCUT2D eigenvalue weighted by Crippen LogP contribution is 2.28. The molecule has 9 heteroatoms. The molecule has 2 aromatic rings. The molecule has 1 aromatic carbocycles. The quantitative estimate of drug-likeness (QED) is 0.809. The fourth-order valence-electron chi connectivity index (χ4n) is 2.70. The summed E-state index contributed by atoms with van der Waals surface area (Å²) in [7, 11) is -3.38. The van der Waals surface area contributed by atoms with Crippen LogP contribution in [0.1, 0.15) is 12.8 Å². The van der Waals surface area contributed by atoms with Crippen LogP contribution in [0.25, 0.3) is 11.3 Å². The highest BCUT2D eigenvalue weighted by Gasteiger charge is 2.36. The van der Waals surface area contributed by atoms with E-state index in [1.807, 2.05) is 29.6 Å². The van der Waals surface area contributed by atoms with Crippen molar-refractivity contribution >= 4 is 48.3 Å². The zero-order chi connectivity index (χ0) is 17.3. The first-order valence-electron chi connectivity index (χ1n) is 7.34. The van der Waals surface area contributed by atoms with E-state index >= 15 is 0 Å². The first-order chi connectivity index (χ1) is 11.3. The Balaban J connectivity index is 1.74. The van der Waals surface area contributed by atoms with E-state index in [0.717, 1.165) is 22.0 Å². The number of anilines is 1. The van der Waals surface area contributed by atoms with Crippen molar-refractivity contribution in [2.45, 2.75) is 18.9 Å². The van der Waals surface area contributed by atoms with Crippen molar-refractivity contribution in [3.63, 3.8) is 0 Å². The molecule has 3 rings (SSSR count). The molecule has 0 radical (unpaired) electrons. The number of nitrogens with one attached hydrogen (secondary N) is 1. The van der Waals surface area contributed by atoms with Gasteiger partial charge in [-0.05, 0) is 25.0 Å². The topological polar surface area (TPSA) is 79.4 Å². The minimum atomic E-state index is -3.38. The average molecular weight is 430 g/mol. The van der Waals surface area contributed by atoms with Gasteiger partial charge in [-0.1, -0.05) is 28.1 Å². The lowest BCUT2D eigenvalue weighted by atomic mass is 10.2. The molecule has 1 aliphatic rings. The number of sulfonamides is 1. The largest absolute Gasteiger partial charge is 0.301 e. The smallest absolute Gasteiger partial charge is 0.244 e. The van der Waals surface area contributed by atoms with Crippen molar-refractivity contribution in [1.29, 1.82) is 0 Å². The van der Waals surface area contributed by atoms with Crippen LogP contribution in [0.2, 0.25) is 0 Å². The van der Waals surface area contributed by atoms with Gasteiger partial charge in [0.05, 0.1) is 11.9 Å². The van der Waals surface area contributed by atoms with Crippen LogP contribution in [0.4, 0.5) is 5.13 Å². The van der Waals surface area contributed by atoms with Crippen LogP contribution in [-0.2, 0) is 14.8 Å². The maximum absolute atomic E-state index is 12.4. The molecule has 0 saturated carbocycles. The van der Waals surface area contributed by atoms with E-state index in [0.29, 0.717) is 24.5 Å². The van der Waals surface area contributed by atoms with Gasteiger partial charge < -0.3 is 5.32 Å². The zero-order valence-electron chi connectivity index (χ0n) is 12.9. The molecule has 1 N–H and O–H groups in total. The van der Waals surface area contributed by atoms with Crippen molar-refractivity contribution in [3.05, 3.63) is 34.1 Å². The van der Waals surface area contributed by atoms with Crippen LogP contribution in [0.15, 0.2) is 34.1 Å². The van der Waals surface area contributed by atoms with Gasteiger partial charge in [0, 0.05) is 22.0 Å². The van der Waals surface area contributed by atoms with Gasteiger partial charge in [0.15, 0.2) is 5.13 Å². The lowest BCUT2D eigenvalue weighted by molar-refractivity contribution is -0.119. The average Bonchev–Trinajstić information content (AvgIpc) is 3.15. The molecule has 0 spiro atoms. The maximum Gasteiger partial charge on any atom is 0.244 e. The Bertz CT molecular complexity index is 866. The van der Waals surface area contributed by atoms with Gasteiger partial charge in [0.2, 0.25) is 15.9 Å². The predicted molar refractivity (Wildman–Crippen MR) is 98.5 cm³/mol. The normalized spacial score (nSPS) is 18.7. The number of hydrogen-bond acceptors (Lipinski definition) is 5. The van der Waals surface area contributed by atoms with Gasteiger partial charge in [-0.2, -0.15) is 4.31 Å². The molecule has 1 aromatic heterocycles. The molecular formula is C15H16BrN3O3S2. The van der Waals surface area contributed by atoms with Crippen LogP contribution in [0.5, 0.6) is 0 Å². The Labute approximate surface area is 153 Å². The van der Waals surface area contributed by atoms with Crippen LogP contribution in [0.3, 0.4) is 0 Å². The first kappa shape index (κ1) is 17.5. The van der Waals surface area contributed by atoms with E-state index in [4.69, 9.17) is 0 Å². The van der Waals surface area contributed by atoms with E-state index in [1.54, 1.807) is 0 Å². The summed E-state index contributed by atoms with van der Waals surface area (Å²) >= 11 is 4.74. The SMILES string of the molecule is CS(=O)(=O)N1CCCC1C(=O)Nc1nc(-c2cccc(Br)c2)cs1. The third-order valence-electron chi connectivity index (χ3n) is 3.79. The van der Waals surface area contributed by atoms with E-state index in [2.05, 4.69) is 26.2 Å². The summed E-state index contributed by atoms with van der Waals surface area (Å²) in [5.41, 5.74) is 1.71. The number of rotatable bonds is 4. The van der Waals surface area contributed by atoms with Crippen molar-refractivity contribution < 1.29 is 13.2 Å². The van der Waals surface area contributed by atoms with Crippen molar-refractivity contribution in [2.75, 3.05) is 18.1 Å². The Morgan fingerprint density at radius 3 is 2.96 bits per heavy atom. The van der Waals surface area contributed by atoms with E-state index in [9.17, 15) is 13.2 Å². The number of carbonyl (C=O) groups is 1. The number of benzene rings is 1. The molecule has 6 nitrogen and oxygen atoms in total. The van der Waals surface area contributed by atoms with E-state index < -0.39 is 16.1 Å². The molecule has 1 unspecified atom stereocenters. The monoisotopic (exact) mass is 429 g/mol. The van der Waals surface area contributed by atoms with Crippen LogP contribution < -0.4 is 5.32 Å². The van der Waals surface area contributed by atoms with Crippen LogP contribution >= 0.6 is 27.3 Å². The predicted octanol–water partition coefficient (Wildman–Crippen LogP) is 2.94. The van der Waals surface area contributed by atoms with Crippen molar-refractivity contribution in [2.24, 2.45) is 0 Å². The van der Waals surface area contributed by atoms with Gasteiger partial charge in [0.1, 0.15) is 6.04 Å². The Kier molecular flexibility index (Phi) is 5.05. The molecular weight excluding hydrogens is 414 g/mol. The molecule has 24 heavy (non-hydrogen) atoms. The summed E-state index contributed by atoms with van der Waals surface area (Å²) in [5, 5.41) is 5.07. The second-order valence-electron chi connectivity index (χ2n) is 5.57. The fraction of sp³-hybridized carbons (Fsp3) is 0.333. The molecule has 1 fully saturated rings. The number of halogens is 1. The molecule has 2 heterocycles. The summed E-state index contributed by atoms with van der Waals surface area (Å²) in [5.74, 6) is -0.326. The summed E-state index contributed by atoms with van der Waals surface area (Å²) in [6.45, 7) is 0.387. The highest BCUT2D eigenvalue weighted by molar-refractivity contribution is 9.10. The van der Waals surface area contributed by atoms with E-state index in [1.165, 1.54) is 15.6 Å². The lowest BCUT2D eigenvalue weighted by Crippen LogP contribution is -2.42. The van der Waals surface area contributed by atoms with Gasteiger partial charge in [-0.3, -0.25) is 4.79 Å². The third-order valence-corrected chi connectivity index (χ3v) is 6.33. The van der Waals surface area contributed by atoms with Gasteiger partial charge in [0.25, 0.3) is 0 Å². The number of thiazole rings is 1. The summed E-state index contributed by atoms with van der Waals surface area (Å²) in [6, 6.07) is 7.08. The molecule has 1 amide bonds. The van der Waals surface area contributed by atoms with Gasteiger partial charge in [-0.25, -0.2) is 13.4 Å². The molecule has 1 saturated heterocycles. The number of carbonyl (C=O) groups excluding carboxylic acids is 1. The lowest BCUT2D eigenvalue weighted by Gasteiger charge is -2.20. The Morgan fingerprint density at radius 2 is 2.25 bits per heavy atom. The maximum atomic E-state index is 12.4. The van der Waals surface area contributed by atoms with Gasteiger partial charge >= 0.3 is 0 Å². The zero-order valence-corrected chi connectivity index (χ0v) is 16.1. The minimum absolute atomic E-state index is 0.326.